The summed E-state index contributed by atoms with van der Waals surface area (Å²) in [6.07, 6.45) is 6.09. The molecule has 2 unspecified atom stereocenters. The Hall–Kier alpha value is -3.80. The molecule has 178 valence electrons. The van der Waals surface area contributed by atoms with Gasteiger partial charge in [-0.2, -0.15) is 0 Å². The standard InChI is InChI=1S/C24H31N3O6/c1-8-14-27(22(30)16(3)26-23(31)33-24(4,5)6)20(21(29)25-15-19(28)32-7)18-12-10-17(9-2)11-13-18/h2,8,10-13,16,20H,1,14-15H2,3-7H3,(H,25,29)(H,26,31). The van der Waals surface area contributed by atoms with Crippen LogP contribution in [0.15, 0.2) is 36.9 Å². The predicted octanol–water partition coefficient (Wildman–Crippen LogP) is 1.93. The summed E-state index contributed by atoms with van der Waals surface area (Å²) in [5.74, 6) is 0.666. The summed E-state index contributed by atoms with van der Waals surface area (Å²) in [7, 11) is 1.20. The van der Waals surface area contributed by atoms with Crippen LogP contribution in [0, 0.1) is 12.3 Å². The predicted molar refractivity (Wildman–Crippen MR) is 123 cm³/mol. The van der Waals surface area contributed by atoms with Crippen LogP contribution in [0.2, 0.25) is 0 Å². The molecule has 2 atom stereocenters. The van der Waals surface area contributed by atoms with Crippen LogP contribution in [-0.2, 0) is 23.9 Å². The molecule has 33 heavy (non-hydrogen) atoms. The molecule has 9 nitrogen and oxygen atoms in total. The molecule has 0 aliphatic heterocycles. The molecule has 9 heteroatoms. The number of ether oxygens (including phenoxy) is 2. The second kappa shape index (κ2) is 12.3. The highest BCUT2D eigenvalue weighted by atomic mass is 16.6. The first kappa shape index (κ1) is 27.2. The Bertz CT molecular complexity index is 912. The topological polar surface area (TPSA) is 114 Å². The monoisotopic (exact) mass is 457 g/mol. The number of methoxy groups -OCH3 is 1. The molecule has 0 aliphatic rings. The average Bonchev–Trinajstić information content (AvgIpc) is 2.75. The maximum Gasteiger partial charge on any atom is 0.408 e. The van der Waals surface area contributed by atoms with Crippen LogP contribution < -0.4 is 10.6 Å². The molecule has 0 spiro atoms. The number of carbonyl (C=O) groups excluding carboxylic acids is 4. The van der Waals surface area contributed by atoms with Crippen LogP contribution in [0.5, 0.6) is 0 Å². The van der Waals surface area contributed by atoms with Gasteiger partial charge in [0.15, 0.2) is 0 Å². The van der Waals surface area contributed by atoms with Crippen molar-refractivity contribution in [2.24, 2.45) is 0 Å². The molecule has 0 saturated heterocycles. The van der Waals surface area contributed by atoms with E-state index in [1.165, 1.54) is 25.0 Å². The highest BCUT2D eigenvalue weighted by Crippen LogP contribution is 2.23. The summed E-state index contributed by atoms with van der Waals surface area (Å²) in [6.45, 7) is 9.85. The summed E-state index contributed by atoms with van der Waals surface area (Å²) in [5, 5.41) is 4.95. The van der Waals surface area contributed by atoms with Gasteiger partial charge in [-0.15, -0.1) is 13.0 Å². The molecule has 1 aromatic rings. The summed E-state index contributed by atoms with van der Waals surface area (Å²) >= 11 is 0. The molecule has 0 aliphatic carbocycles. The van der Waals surface area contributed by atoms with Gasteiger partial charge in [0.2, 0.25) is 11.8 Å². The first-order chi connectivity index (χ1) is 15.4. The zero-order chi connectivity index (χ0) is 25.2. The van der Waals surface area contributed by atoms with Gasteiger partial charge in [0.1, 0.15) is 24.2 Å². The molecule has 0 bridgehead atoms. The van der Waals surface area contributed by atoms with E-state index in [0.717, 1.165) is 0 Å². The first-order valence-electron chi connectivity index (χ1n) is 10.3. The van der Waals surface area contributed by atoms with Crippen molar-refractivity contribution in [2.45, 2.75) is 45.4 Å². The number of esters is 1. The van der Waals surface area contributed by atoms with Gasteiger partial charge >= 0.3 is 12.1 Å². The van der Waals surface area contributed by atoms with E-state index in [4.69, 9.17) is 11.2 Å². The van der Waals surface area contributed by atoms with Crippen LogP contribution in [0.3, 0.4) is 0 Å². The number of rotatable bonds is 9. The van der Waals surface area contributed by atoms with Crippen LogP contribution in [0.1, 0.15) is 44.9 Å². The van der Waals surface area contributed by atoms with Crippen LogP contribution in [0.25, 0.3) is 0 Å². The van der Waals surface area contributed by atoms with E-state index < -0.39 is 41.6 Å². The maximum absolute atomic E-state index is 13.3. The van der Waals surface area contributed by atoms with E-state index >= 15 is 0 Å². The van der Waals surface area contributed by atoms with Crippen LogP contribution >= 0.6 is 0 Å². The summed E-state index contributed by atoms with van der Waals surface area (Å²) < 4.78 is 9.76. The Labute approximate surface area is 194 Å². The maximum atomic E-state index is 13.3. The number of terminal acetylenes is 1. The smallest absolute Gasteiger partial charge is 0.408 e. The van der Waals surface area contributed by atoms with Gasteiger partial charge in [-0.25, -0.2) is 4.79 Å². The molecule has 1 aromatic carbocycles. The molecular formula is C24H31N3O6. The van der Waals surface area contributed by atoms with Crippen molar-refractivity contribution in [1.82, 2.24) is 15.5 Å². The fourth-order valence-electron chi connectivity index (χ4n) is 2.82. The SMILES string of the molecule is C#Cc1ccc(C(C(=O)NCC(=O)OC)N(CC=C)C(=O)C(C)NC(=O)OC(C)(C)C)cc1. The molecule has 0 saturated carbocycles. The summed E-state index contributed by atoms with van der Waals surface area (Å²) in [6, 6.07) is 4.36. The zero-order valence-corrected chi connectivity index (χ0v) is 19.6. The quantitative estimate of drug-likeness (QED) is 0.333. The average molecular weight is 458 g/mol. The molecule has 2 N–H and O–H groups in total. The lowest BCUT2D eigenvalue weighted by molar-refractivity contribution is -0.144. The van der Waals surface area contributed by atoms with Crippen molar-refractivity contribution in [1.29, 1.82) is 0 Å². The fraction of sp³-hybridized carbons (Fsp3) is 0.417. The lowest BCUT2D eigenvalue weighted by Crippen LogP contribution is -2.52. The van der Waals surface area contributed by atoms with Gasteiger partial charge in [-0.3, -0.25) is 14.4 Å². The number of carbonyl (C=O) groups is 4. The lowest BCUT2D eigenvalue weighted by atomic mass is 10.0. The zero-order valence-electron chi connectivity index (χ0n) is 19.6. The number of amides is 3. The van der Waals surface area contributed by atoms with Gasteiger partial charge in [-0.05, 0) is 45.4 Å². The Morgan fingerprint density at radius 3 is 2.30 bits per heavy atom. The molecule has 0 heterocycles. The highest BCUT2D eigenvalue weighted by Gasteiger charge is 2.34. The number of nitrogens with zero attached hydrogens (tertiary/aromatic N) is 1. The summed E-state index contributed by atoms with van der Waals surface area (Å²) in [4.78, 5) is 51.2. The Morgan fingerprint density at radius 1 is 1.21 bits per heavy atom. The van der Waals surface area contributed by atoms with Crippen molar-refractivity contribution in [3.05, 3.63) is 48.0 Å². The van der Waals surface area contributed by atoms with Crippen LogP contribution in [0.4, 0.5) is 4.79 Å². The third-order valence-electron chi connectivity index (χ3n) is 4.30. The van der Waals surface area contributed by atoms with Gasteiger partial charge < -0.3 is 25.0 Å². The van der Waals surface area contributed by atoms with Gasteiger partial charge in [-0.1, -0.05) is 24.1 Å². The van der Waals surface area contributed by atoms with Crippen LogP contribution in [-0.4, -0.2) is 60.6 Å². The number of hydrogen-bond donors (Lipinski definition) is 2. The number of nitrogens with one attached hydrogen (secondary N) is 2. The first-order valence-corrected chi connectivity index (χ1v) is 10.3. The Balaban J connectivity index is 3.26. The van der Waals surface area contributed by atoms with E-state index in [-0.39, 0.29) is 13.1 Å². The molecule has 3 amide bonds. The van der Waals surface area contributed by atoms with Gasteiger partial charge in [0, 0.05) is 12.1 Å². The molecule has 0 radical (unpaired) electrons. The van der Waals surface area contributed by atoms with Gasteiger partial charge in [0.25, 0.3) is 0 Å². The highest BCUT2D eigenvalue weighted by molar-refractivity contribution is 5.93. The van der Waals surface area contributed by atoms with E-state index in [2.05, 4.69) is 27.9 Å². The third-order valence-corrected chi connectivity index (χ3v) is 4.30. The molecule has 1 rings (SSSR count). The van der Waals surface area contributed by atoms with Gasteiger partial charge in [0.05, 0.1) is 7.11 Å². The second-order valence-electron chi connectivity index (χ2n) is 8.11. The fourth-order valence-corrected chi connectivity index (χ4v) is 2.82. The summed E-state index contributed by atoms with van der Waals surface area (Å²) in [5.41, 5.74) is 0.299. The third kappa shape index (κ3) is 8.69. The van der Waals surface area contributed by atoms with Crippen molar-refractivity contribution >= 4 is 23.9 Å². The minimum absolute atomic E-state index is 0.00757. The lowest BCUT2D eigenvalue weighted by Gasteiger charge is -2.32. The Morgan fingerprint density at radius 2 is 1.82 bits per heavy atom. The minimum Gasteiger partial charge on any atom is -0.468 e. The number of benzene rings is 1. The van der Waals surface area contributed by atoms with E-state index in [0.29, 0.717) is 11.1 Å². The largest absolute Gasteiger partial charge is 0.468 e. The van der Waals surface area contributed by atoms with E-state index in [1.54, 1.807) is 45.0 Å². The van der Waals surface area contributed by atoms with Crippen molar-refractivity contribution in [2.75, 3.05) is 20.2 Å². The molecule has 0 fully saturated rings. The van der Waals surface area contributed by atoms with Crippen molar-refractivity contribution < 1.29 is 28.7 Å². The van der Waals surface area contributed by atoms with E-state index in [1.807, 2.05) is 0 Å². The number of hydrogen-bond acceptors (Lipinski definition) is 6. The van der Waals surface area contributed by atoms with E-state index in [9.17, 15) is 19.2 Å². The Kier molecular flexibility index (Phi) is 10.1. The van der Waals surface area contributed by atoms with Crippen molar-refractivity contribution in [3.63, 3.8) is 0 Å². The minimum atomic E-state index is -1.13. The van der Waals surface area contributed by atoms with Crippen molar-refractivity contribution in [3.8, 4) is 12.3 Å². The molecular weight excluding hydrogens is 426 g/mol. The normalized spacial score (nSPS) is 12.4. The number of alkyl carbamates (subject to hydrolysis) is 1. The molecule has 0 aromatic heterocycles. The second-order valence-corrected chi connectivity index (χ2v) is 8.11.